The first kappa shape index (κ1) is 8.94. The van der Waals surface area contributed by atoms with E-state index in [0.717, 1.165) is 0 Å². The fourth-order valence-electron chi connectivity index (χ4n) is 0.561. The smallest absolute Gasteiger partial charge is 0.246 e. The Morgan fingerprint density at radius 1 is 1.60 bits per heavy atom. The van der Waals surface area contributed by atoms with Crippen molar-refractivity contribution in [3.8, 4) is 0 Å². The van der Waals surface area contributed by atoms with E-state index in [4.69, 9.17) is 5.41 Å². The summed E-state index contributed by atoms with van der Waals surface area (Å²) in [5.74, 6) is 0.0903. The molecule has 1 aliphatic heterocycles. The number of carbonyl (C=O) groups is 1. The third-order valence-electron chi connectivity index (χ3n) is 1.02. The molecule has 0 aromatic rings. The van der Waals surface area contributed by atoms with Gasteiger partial charge in [0.1, 0.15) is 0 Å². The summed E-state index contributed by atoms with van der Waals surface area (Å²) < 4.78 is 0. The number of hydrogen-bond acceptors (Lipinski definition) is 2. The summed E-state index contributed by atoms with van der Waals surface area (Å²) in [6, 6.07) is 0. The molecule has 1 heterocycles. The average Bonchev–Trinajstić information content (AvgIpc) is 2.16. The van der Waals surface area contributed by atoms with Crippen molar-refractivity contribution in [3.63, 3.8) is 0 Å². The van der Waals surface area contributed by atoms with E-state index in [9.17, 15) is 4.79 Å². The van der Waals surface area contributed by atoms with Gasteiger partial charge in [0, 0.05) is 7.05 Å². The monoisotopic (exact) mass is 143 g/mol. The normalized spacial score (nSPS) is 16.1. The first-order valence-corrected chi connectivity index (χ1v) is 3.29. The van der Waals surface area contributed by atoms with Crippen LogP contribution in [0.4, 0.5) is 0 Å². The van der Waals surface area contributed by atoms with Gasteiger partial charge in [0.25, 0.3) is 0 Å². The summed E-state index contributed by atoms with van der Waals surface area (Å²) in [4.78, 5) is 11.9. The molecular formula is C6H13N3O. The van der Waals surface area contributed by atoms with Gasteiger partial charge in [0.2, 0.25) is 5.91 Å². The zero-order chi connectivity index (χ0) is 8.15. The SMILES string of the molecule is CC.CN1CC(=O)NC1=N. The highest BCUT2D eigenvalue weighted by Crippen LogP contribution is 1.89. The van der Waals surface area contributed by atoms with Crippen molar-refractivity contribution in [1.82, 2.24) is 10.2 Å². The van der Waals surface area contributed by atoms with Gasteiger partial charge in [-0.15, -0.1) is 0 Å². The van der Waals surface area contributed by atoms with Crippen LogP contribution < -0.4 is 5.32 Å². The Labute approximate surface area is 60.7 Å². The number of rotatable bonds is 0. The van der Waals surface area contributed by atoms with E-state index in [2.05, 4.69) is 5.32 Å². The number of nitrogens with one attached hydrogen (secondary N) is 2. The fourth-order valence-corrected chi connectivity index (χ4v) is 0.561. The lowest BCUT2D eigenvalue weighted by Gasteiger charge is -2.03. The lowest BCUT2D eigenvalue weighted by molar-refractivity contribution is -0.118. The molecule has 0 aromatic heterocycles. The highest BCUT2D eigenvalue weighted by molar-refractivity contribution is 6.02. The Hall–Kier alpha value is -1.06. The lowest BCUT2D eigenvalue weighted by Crippen LogP contribution is -2.25. The van der Waals surface area contributed by atoms with Gasteiger partial charge in [-0.25, -0.2) is 0 Å². The maximum absolute atomic E-state index is 10.4. The Bertz CT molecular complexity index is 144. The van der Waals surface area contributed by atoms with Gasteiger partial charge in [-0.2, -0.15) is 0 Å². The predicted molar refractivity (Wildman–Crippen MR) is 39.8 cm³/mol. The third-order valence-corrected chi connectivity index (χ3v) is 1.02. The van der Waals surface area contributed by atoms with Crippen molar-refractivity contribution < 1.29 is 4.79 Å². The molecule has 0 saturated carbocycles. The minimum Gasteiger partial charge on any atom is -0.337 e. The van der Waals surface area contributed by atoms with Gasteiger partial charge in [0.05, 0.1) is 6.54 Å². The van der Waals surface area contributed by atoms with Crippen molar-refractivity contribution in [2.45, 2.75) is 13.8 Å². The number of hydrogen-bond donors (Lipinski definition) is 2. The summed E-state index contributed by atoms with van der Waals surface area (Å²) in [5.41, 5.74) is 0. The van der Waals surface area contributed by atoms with Crippen LogP contribution in [0.3, 0.4) is 0 Å². The molecule has 1 fully saturated rings. The van der Waals surface area contributed by atoms with Gasteiger partial charge in [-0.1, -0.05) is 13.8 Å². The van der Waals surface area contributed by atoms with E-state index in [1.807, 2.05) is 13.8 Å². The van der Waals surface area contributed by atoms with Crippen LogP contribution in [0.25, 0.3) is 0 Å². The number of amides is 1. The zero-order valence-electron chi connectivity index (χ0n) is 6.56. The minimum absolute atomic E-state index is 0.0995. The standard InChI is InChI=1S/C4H7N3O.C2H6/c1-7-2-3(8)6-4(7)5;1-2/h2H2,1H3,(H2,5,6,8);1-2H3. The topological polar surface area (TPSA) is 56.2 Å². The number of carbonyl (C=O) groups excluding carboxylic acids is 1. The molecule has 4 nitrogen and oxygen atoms in total. The van der Waals surface area contributed by atoms with Crippen LogP contribution in [0.5, 0.6) is 0 Å². The number of likely N-dealkylation sites (N-methyl/N-ethyl adjacent to an activating group) is 1. The second kappa shape index (κ2) is 3.87. The molecule has 0 aliphatic carbocycles. The molecule has 0 radical (unpaired) electrons. The first-order chi connectivity index (χ1) is 4.70. The Morgan fingerprint density at radius 3 is 2.20 bits per heavy atom. The predicted octanol–water partition coefficient (Wildman–Crippen LogP) is 0.00897. The van der Waals surface area contributed by atoms with Crippen LogP contribution in [0.2, 0.25) is 0 Å². The van der Waals surface area contributed by atoms with E-state index < -0.39 is 0 Å². The zero-order valence-corrected chi connectivity index (χ0v) is 6.56. The molecular weight excluding hydrogens is 130 g/mol. The average molecular weight is 143 g/mol. The Morgan fingerprint density at radius 2 is 2.10 bits per heavy atom. The maximum Gasteiger partial charge on any atom is 0.246 e. The summed E-state index contributed by atoms with van der Waals surface area (Å²) in [5, 5.41) is 9.32. The number of guanidine groups is 1. The van der Waals surface area contributed by atoms with Crippen LogP contribution >= 0.6 is 0 Å². The van der Waals surface area contributed by atoms with E-state index in [-0.39, 0.29) is 11.9 Å². The van der Waals surface area contributed by atoms with Gasteiger partial charge in [0.15, 0.2) is 5.96 Å². The van der Waals surface area contributed by atoms with Crippen molar-refractivity contribution in [2.75, 3.05) is 13.6 Å². The molecule has 2 N–H and O–H groups in total. The third kappa shape index (κ3) is 2.05. The van der Waals surface area contributed by atoms with Crippen molar-refractivity contribution in [1.29, 1.82) is 5.41 Å². The lowest BCUT2D eigenvalue weighted by atomic mass is 10.6. The van der Waals surface area contributed by atoms with E-state index in [0.29, 0.717) is 6.54 Å². The van der Waals surface area contributed by atoms with Gasteiger partial charge in [-0.05, 0) is 0 Å². The molecule has 1 saturated heterocycles. The van der Waals surface area contributed by atoms with E-state index in [1.165, 1.54) is 0 Å². The summed E-state index contributed by atoms with van der Waals surface area (Å²) >= 11 is 0. The van der Waals surface area contributed by atoms with Crippen molar-refractivity contribution >= 4 is 11.9 Å². The van der Waals surface area contributed by atoms with Gasteiger partial charge in [-0.3, -0.25) is 15.5 Å². The van der Waals surface area contributed by atoms with Gasteiger partial charge >= 0.3 is 0 Å². The largest absolute Gasteiger partial charge is 0.337 e. The molecule has 58 valence electrons. The second-order valence-electron chi connectivity index (χ2n) is 1.75. The summed E-state index contributed by atoms with van der Waals surface area (Å²) in [6.07, 6.45) is 0. The van der Waals surface area contributed by atoms with Crippen LogP contribution in [0, 0.1) is 5.41 Å². The van der Waals surface area contributed by atoms with E-state index in [1.54, 1.807) is 11.9 Å². The Kier molecular flexibility index (Phi) is 3.46. The summed E-state index contributed by atoms with van der Waals surface area (Å²) in [6.45, 7) is 4.32. The molecule has 1 rings (SSSR count). The molecule has 0 unspecified atom stereocenters. The molecule has 0 bridgehead atoms. The fraction of sp³-hybridized carbons (Fsp3) is 0.667. The first-order valence-electron chi connectivity index (χ1n) is 3.29. The Balaban J connectivity index is 0.000000371. The molecule has 0 aromatic carbocycles. The van der Waals surface area contributed by atoms with Crippen molar-refractivity contribution in [3.05, 3.63) is 0 Å². The number of nitrogens with zero attached hydrogens (tertiary/aromatic N) is 1. The molecule has 0 atom stereocenters. The van der Waals surface area contributed by atoms with Crippen molar-refractivity contribution in [2.24, 2.45) is 0 Å². The van der Waals surface area contributed by atoms with Crippen LogP contribution in [0.15, 0.2) is 0 Å². The minimum atomic E-state index is -0.0995. The van der Waals surface area contributed by atoms with Gasteiger partial charge < -0.3 is 4.90 Å². The molecule has 1 aliphatic rings. The molecule has 10 heavy (non-hydrogen) atoms. The molecule has 1 amide bonds. The highest BCUT2D eigenvalue weighted by Gasteiger charge is 2.18. The maximum atomic E-state index is 10.4. The molecule has 0 spiro atoms. The quantitative estimate of drug-likeness (QED) is 0.502. The second-order valence-corrected chi connectivity index (χ2v) is 1.75. The van der Waals surface area contributed by atoms with Crippen LogP contribution in [-0.2, 0) is 4.79 Å². The highest BCUT2D eigenvalue weighted by atomic mass is 16.2. The van der Waals surface area contributed by atoms with E-state index >= 15 is 0 Å². The molecule has 4 heteroatoms. The summed E-state index contributed by atoms with van der Waals surface area (Å²) in [7, 11) is 1.69. The van der Waals surface area contributed by atoms with Crippen LogP contribution in [-0.4, -0.2) is 30.4 Å². The van der Waals surface area contributed by atoms with Crippen LogP contribution in [0.1, 0.15) is 13.8 Å².